The summed E-state index contributed by atoms with van der Waals surface area (Å²) in [4.78, 5) is 27.8. The number of methoxy groups -OCH3 is 2. The molecule has 1 aromatic heterocycles. The van der Waals surface area contributed by atoms with Crippen LogP contribution in [0.25, 0.3) is 11.3 Å². The molecule has 8 nitrogen and oxygen atoms in total. The number of aryl methyl sites for hydroxylation is 1. The van der Waals surface area contributed by atoms with Gasteiger partial charge in [0.25, 0.3) is 0 Å². The van der Waals surface area contributed by atoms with Crippen molar-refractivity contribution in [2.24, 2.45) is 5.73 Å². The Morgan fingerprint density at radius 2 is 1.63 bits per heavy atom. The van der Waals surface area contributed by atoms with Crippen LogP contribution in [0.3, 0.4) is 0 Å². The number of carbonyl (C=O) groups is 2. The smallest absolute Gasteiger partial charge is 0.355 e. The van der Waals surface area contributed by atoms with Gasteiger partial charge in [0.2, 0.25) is 0 Å². The number of para-hydroxylation sites is 1. The molecule has 3 aromatic rings. The van der Waals surface area contributed by atoms with Crippen molar-refractivity contribution in [1.82, 2.24) is 0 Å². The maximum atomic E-state index is 13.2. The molecule has 176 valence electrons. The van der Waals surface area contributed by atoms with Gasteiger partial charge in [-0.15, -0.1) is 0 Å². The molecule has 2 heterocycles. The molecule has 35 heavy (non-hydrogen) atoms. The van der Waals surface area contributed by atoms with Crippen LogP contribution in [0.4, 0.5) is 5.69 Å². The number of nitrogens with zero attached hydrogens (tertiary/aromatic N) is 2. The molecule has 0 fully saturated rings. The summed E-state index contributed by atoms with van der Waals surface area (Å²) in [6, 6.07) is 21.7. The fourth-order valence-corrected chi connectivity index (χ4v) is 4.22. The van der Waals surface area contributed by atoms with E-state index >= 15 is 0 Å². The van der Waals surface area contributed by atoms with Crippen molar-refractivity contribution in [2.45, 2.75) is 12.8 Å². The quantitative estimate of drug-likeness (QED) is 0.554. The molecule has 0 saturated heterocycles. The molecule has 0 spiro atoms. The largest absolute Gasteiger partial charge is 0.466 e. The average Bonchev–Trinajstić information content (AvgIpc) is 3.33. The minimum Gasteiger partial charge on any atom is -0.466 e. The highest BCUT2D eigenvalue weighted by Gasteiger charge is 2.43. The Bertz CT molecular complexity index is 1400. The topological polar surface area (TPSA) is 119 Å². The number of hydrogen-bond donors (Lipinski definition) is 1. The Kier molecular flexibility index (Phi) is 6.42. The summed E-state index contributed by atoms with van der Waals surface area (Å²) in [6.07, 6.45) is 0. The van der Waals surface area contributed by atoms with Crippen molar-refractivity contribution in [1.29, 1.82) is 5.26 Å². The molecule has 8 heteroatoms. The maximum Gasteiger partial charge on any atom is 0.355 e. The summed E-state index contributed by atoms with van der Waals surface area (Å²) in [7, 11) is 2.42. The van der Waals surface area contributed by atoms with E-state index in [4.69, 9.17) is 19.6 Å². The highest BCUT2D eigenvalue weighted by molar-refractivity contribution is 6.07. The summed E-state index contributed by atoms with van der Waals surface area (Å²) in [5, 5.41) is 10.2. The first-order valence-electron chi connectivity index (χ1n) is 10.7. The Balaban J connectivity index is 2.09. The van der Waals surface area contributed by atoms with E-state index in [-0.39, 0.29) is 22.7 Å². The Morgan fingerprint density at radius 3 is 2.23 bits per heavy atom. The maximum absolute atomic E-state index is 13.2. The van der Waals surface area contributed by atoms with Crippen LogP contribution >= 0.6 is 0 Å². The number of allylic oxidation sites excluding steroid dienone is 1. The second-order valence-electron chi connectivity index (χ2n) is 7.76. The van der Waals surface area contributed by atoms with Gasteiger partial charge in [-0.3, -0.25) is 4.90 Å². The zero-order valence-corrected chi connectivity index (χ0v) is 19.4. The number of rotatable bonds is 5. The number of esters is 2. The van der Waals surface area contributed by atoms with Gasteiger partial charge in [-0.1, -0.05) is 42.5 Å². The van der Waals surface area contributed by atoms with Crippen LogP contribution in [0, 0.1) is 18.3 Å². The summed E-state index contributed by atoms with van der Waals surface area (Å²) >= 11 is 0. The van der Waals surface area contributed by atoms with E-state index in [1.165, 1.54) is 19.1 Å². The summed E-state index contributed by atoms with van der Waals surface area (Å²) in [5.41, 5.74) is 8.12. The fourth-order valence-electron chi connectivity index (χ4n) is 4.22. The number of nitriles is 1. The van der Waals surface area contributed by atoms with Crippen molar-refractivity contribution in [2.75, 3.05) is 19.1 Å². The minimum atomic E-state index is -0.933. The van der Waals surface area contributed by atoms with Crippen LogP contribution in [0.5, 0.6) is 0 Å². The zero-order chi connectivity index (χ0) is 25.1. The van der Waals surface area contributed by atoms with E-state index in [0.717, 1.165) is 0 Å². The third kappa shape index (κ3) is 4.04. The minimum absolute atomic E-state index is 0.00914. The predicted octanol–water partition coefficient (Wildman–Crippen LogP) is 4.15. The lowest BCUT2D eigenvalue weighted by Crippen LogP contribution is -2.41. The van der Waals surface area contributed by atoms with Gasteiger partial charge < -0.3 is 19.6 Å². The second-order valence-corrected chi connectivity index (χ2v) is 7.76. The van der Waals surface area contributed by atoms with Crippen LogP contribution in [0.1, 0.15) is 17.2 Å². The summed E-state index contributed by atoms with van der Waals surface area (Å²) < 4.78 is 16.0. The van der Waals surface area contributed by atoms with Gasteiger partial charge in [0.15, 0.2) is 0 Å². The van der Waals surface area contributed by atoms with E-state index in [1.54, 1.807) is 54.6 Å². The summed E-state index contributed by atoms with van der Waals surface area (Å²) in [5.74, 6) is -1.31. The van der Waals surface area contributed by atoms with Gasteiger partial charge in [0, 0.05) is 5.56 Å². The van der Waals surface area contributed by atoms with Gasteiger partial charge in [-0.25, -0.2) is 9.59 Å². The summed E-state index contributed by atoms with van der Waals surface area (Å²) in [6.45, 7) is 1.81. The van der Waals surface area contributed by atoms with Gasteiger partial charge in [-0.2, -0.15) is 5.26 Å². The molecule has 1 aliphatic heterocycles. The molecule has 0 amide bonds. The molecular formula is C27H23N3O5. The van der Waals surface area contributed by atoms with Gasteiger partial charge in [-0.05, 0) is 36.8 Å². The van der Waals surface area contributed by atoms with E-state index in [0.29, 0.717) is 28.3 Å². The Morgan fingerprint density at radius 1 is 0.971 bits per heavy atom. The second kappa shape index (κ2) is 9.61. The average molecular weight is 469 g/mol. The third-order valence-corrected chi connectivity index (χ3v) is 5.76. The van der Waals surface area contributed by atoms with E-state index < -0.39 is 17.9 Å². The lowest BCUT2D eigenvalue weighted by atomic mass is 9.80. The van der Waals surface area contributed by atoms with Crippen molar-refractivity contribution in [3.05, 3.63) is 101 Å². The van der Waals surface area contributed by atoms with Crippen LogP contribution in [0.15, 0.2) is 93.8 Å². The first-order valence-corrected chi connectivity index (χ1v) is 10.7. The standard InChI is InChI=1S/C27H23N3O5/c1-16-13-14-21(35-16)18-11-7-8-12-20(18)30-24(27(32)34-3)23(26(31)33-2)22(19(15-28)25(30)29)17-9-5-4-6-10-17/h4-14,22H,29H2,1-3H3. The van der Waals surface area contributed by atoms with E-state index in [9.17, 15) is 14.9 Å². The predicted molar refractivity (Wildman–Crippen MR) is 128 cm³/mol. The van der Waals surface area contributed by atoms with Crippen molar-refractivity contribution in [3.8, 4) is 17.4 Å². The number of carbonyl (C=O) groups excluding carboxylic acids is 2. The number of anilines is 1. The van der Waals surface area contributed by atoms with Crippen LogP contribution in [0.2, 0.25) is 0 Å². The number of hydrogen-bond acceptors (Lipinski definition) is 8. The van der Waals surface area contributed by atoms with Crippen molar-refractivity contribution in [3.63, 3.8) is 0 Å². The first-order chi connectivity index (χ1) is 16.9. The van der Waals surface area contributed by atoms with Gasteiger partial charge in [0.1, 0.15) is 23.0 Å². The molecule has 4 rings (SSSR count). The normalized spacial score (nSPS) is 15.6. The third-order valence-electron chi connectivity index (χ3n) is 5.76. The molecule has 0 radical (unpaired) electrons. The highest BCUT2D eigenvalue weighted by Crippen LogP contribution is 2.45. The molecule has 1 aliphatic rings. The molecule has 0 aliphatic carbocycles. The van der Waals surface area contributed by atoms with E-state index in [2.05, 4.69) is 6.07 Å². The van der Waals surface area contributed by atoms with Gasteiger partial charge >= 0.3 is 11.9 Å². The molecule has 1 unspecified atom stereocenters. The Labute approximate surface area is 202 Å². The number of nitrogens with two attached hydrogens (primary N) is 1. The number of benzene rings is 2. The zero-order valence-electron chi connectivity index (χ0n) is 19.4. The SMILES string of the molecule is COC(=O)C1=C(C(=O)OC)N(c2ccccc2-c2ccc(C)o2)C(N)=C(C#N)C1c1ccccc1. The fraction of sp³-hybridized carbons (Fsp3) is 0.148. The van der Waals surface area contributed by atoms with Crippen LogP contribution in [-0.2, 0) is 19.1 Å². The van der Waals surface area contributed by atoms with Gasteiger partial charge in [0.05, 0.1) is 43.0 Å². The molecule has 1 atom stereocenters. The lowest BCUT2D eigenvalue weighted by molar-refractivity contribution is -0.139. The number of furan rings is 1. The molecule has 2 N–H and O–H groups in total. The lowest BCUT2D eigenvalue weighted by Gasteiger charge is -2.36. The van der Waals surface area contributed by atoms with Crippen LogP contribution in [-0.4, -0.2) is 26.2 Å². The molecule has 0 saturated carbocycles. The molecule has 0 bridgehead atoms. The first kappa shape index (κ1) is 23.4. The monoisotopic (exact) mass is 469 g/mol. The molecule has 2 aromatic carbocycles. The Hall–Kier alpha value is -4.77. The number of ether oxygens (including phenoxy) is 2. The van der Waals surface area contributed by atoms with Crippen molar-refractivity contribution >= 4 is 17.6 Å². The van der Waals surface area contributed by atoms with Crippen molar-refractivity contribution < 1.29 is 23.5 Å². The highest BCUT2D eigenvalue weighted by atomic mass is 16.5. The molecular weight excluding hydrogens is 446 g/mol. The van der Waals surface area contributed by atoms with E-state index in [1.807, 2.05) is 19.1 Å². The van der Waals surface area contributed by atoms with Crippen LogP contribution < -0.4 is 10.6 Å².